The zero-order valence-corrected chi connectivity index (χ0v) is 10.2. The third-order valence-electron chi connectivity index (χ3n) is 3.19. The molecule has 0 bridgehead atoms. The van der Waals surface area contributed by atoms with Gasteiger partial charge in [0.15, 0.2) is 0 Å². The van der Waals surface area contributed by atoms with E-state index >= 15 is 0 Å². The maximum Gasteiger partial charge on any atom is 0.226 e. The minimum atomic E-state index is -0.276. The van der Waals surface area contributed by atoms with Crippen LogP contribution in [0.3, 0.4) is 0 Å². The lowest BCUT2D eigenvalue weighted by atomic mass is 10.0. The molecule has 19 heavy (non-hydrogen) atoms. The van der Waals surface area contributed by atoms with Gasteiger partial charge in [-0.1, -0.05) is 24.3 Å². The minimum Gasteiger partial charge on any atom is -0.376 e. The summed E-state index contributed by atoms with van der Waals surface area (Å²) in [5, 5.41) is 6.18. The van der Waals surface area contributed by atoms with Crippen molar-refractivity contribution in [1.29, 1.82) is 0 Å². The molecule has 1 aliphatic rings. The van der Waals surface area contributed by atoms with Crippen LogP contribution < -0.4 is 10.6 Å². The first-order valence-electron chi connectivity index (χ1n) is 6.13. The van der Waals surface area contributed by atoms with Gasteiger partial charge < -0.3 is 10.6 Å². The SMILES string of the molecule is O=C1CC(c2ccc(F)cc2)Nc2ccccc2N1. The maximum atomic E-state index is 13.0. The number of carbonyl (C=O) groups is 1. The second kappa shape index (κ2) is 4.72. The fraction of sp³-hybridized carbons (Fsp3) is 0.133. The van der Waals surface area contributed by atoms with Crippen LogP contribution in [-0.2, 0) is 4.79 Å². The third-order valence-corrected chi connectivity index (χ3v) is 3.19. The Morgan fingerprint density at radius 1 is 1.00 bits per heavy atom. The molecular formula is C15H13FN2O. The summed E-state index contributed by atoms with van der Waals surface area (Å²) in [6.07, 6.45) is 0.320. The Bertz CT molecular complexity index is 610. The molecule has 0 fully saturated rings. The summed E-state index contributed by atoms with van der Waals surface area (Å²) in [4.78, 5) is 11.9. The number of amides is 1. The summed E-state index contributed by atoms with van der Waals surface area (Å²) >= 11 is 0. The molecule has 0 aromatic heterocycles. The summed E-state index contributed by atoms with van der Waals surface area (Å²) in [6.45, 7) is 0. The van der Waals surface area contributed by atoms with Gasteiger partial charge in [0.1, 0.15) is 5.82 Å². The first-order valence-corrected chi connectivity index (χ1v) is 6.13. The number of nitrogens with one attached hydrogen (secondary N) is 2. The van der Waals surface area contributed by atoms with Gasteiger partial charge in [0.05, 0.1) is 23.8 Å². The normalized spacial score (nSPS) is 17.9. The van der Waals surface area contributed by atoms with E-state index in [0.29, 0.717) is 6.42 Å². The average Bonchev–Trinajstić information content (AvgIpc) is 2.57. The standard InChI is InChI=1S/C15H13FN2O/c16-11-7-5-10(6-8-11)14-9-15(19)18-13-4-2-1-3-12(13)17-14/h1-8,14,17H,9H2,(H,18,19). The summed E-state index contributed by atoms with van der Waals surface area (Å²) in [5.41, 5.74) is 2.55. The number of para-hydroxylation sites is 2. The van der Waals surface area contributed by atoms with Crippen molar-refractivity contribution in [1.82, 2.24) is 0 Å². The van der Waals surface area contributed by atoms with E-state index < -0.39 is 0 Å². The molecule has 0 spiro atoms. The molecule has 1 atom stereocenters. The summed E-state index contributed by atoms with van der Waals surface area (Å²) in [7, 11) is 0. The molecule has 1 unspecified atom stereocenters. The number of rotatable bonds is 1. The van der Waals surface area contributed by atoms with Crippen molar-refractivity contribution in [3.8, 4) is 0 Å². The van der Waals surface area contributed by atoms with E-state index in [0.717, 1.165) is 16.9 Å². The van der Waals surface area contributed by atoms with Crippen molar-refractivity contribution in [2.24, 2.45) is 0 Å². The lowest BCUT2D eigenvalue weighted by Crippen LogP contribution is -2.15. The molecule has 2 N–H and O–H groups in total. The van der Waals surface area contributed by atoms with Gasteiger partial charge in [-0.3, -0.25) is 4.79 Å². The largest absolute Gasteiger partial charge is 0.376 e. The van der Waals surface area contributed by atoms with Gasteiger partial charge in [-0.15, -0.1) is 0 Å². The van der Waals surface area contributed by atoms with E-state index in [1.165, 1.54) is 12.1 Å². The molecule has 2 aromatic carbocycles. The molecule has 96 valence electrons. The van der Waals surface area contributed by atoms with Crippen molar-refractivity contribution in [3.63, 3.8) is 0 Å². The number of hydrogen-bond donors (Lipinski definition) is 2. The molecule has 1 aliphatic heterocycles. The Morgan fingerprint density at radius 2 is 1.68 bits per heavy atom. The molecule has 0 saturated carbocycles. The Labute approximate surface area is 110 Å². The Morgan fingerprint density at radius 3 is 2.42 bits per heavy atom. The van der Waals surface area contributed by atoms with Gasteiger partial charge in [0.2, 0.25) is 5.91 Å². The fourth-order valence-corrected chi connectivity index (χ4v) is 2.24. The van der Waals surface area contributed by atoms with Gasteiger partial charge in [0, 0.05) is 0 Å². The number of fused-ring (bicyclic) bond motifs is 1. The number of anilines is 2. The van der Waals surface area contributed by atoms with Crippen molar-refractivity contribution in [2.45, 2.75) is 12.5 Å². The summed E-state index contributed by atoms with van der Waals surface area (Å²) in [5.74, 6) is -0.325. The monoisotopic (exact) mass is 256 g/mol. The van der Waals surface area contributed by atoms with Crippen LogP contribution in [0.15, 0.2) is 48.5 Å². The molecule has 0 saturated heterocycles. The highest BCUT2D eigenvalue weighted by Gasteiger charge is 2.21. The predicted octanol–water partition coefficient (Wildman–Crippen LogP) is 3.32. The number of halogens is 1. The molecular weight excluding hydrogens is 243 g/mol. The van der Waals surface area contributed by atoms with Crippen LogP contribution in [0, 0.1) is 5.82 Å². The highest BCUT2D eigenvalue weighted by molar-refractivity contribution is 5.96. The Hall–Kier alpha value is -2.36. The number of carbonyl (C=O) groups excluding carboxylic acids is 1. The van der Waals surface area contributed by atoms with E-state index in [9.17, 15) is 9.18 Å². The summed E-state index contributed by atoms with van der Waals surface area (Å²) < 4.78 is 13.0. The molecule has 1 heterocycles. The Balaban J connectivity index is 1.95. The number of hydrogen-bond acceptors (Lipinski definition) is 2. The Kier molecular flexibility index (Phi) is 2.91. The second-order valence-electron chi connectivity index (χ2n) is 4.55. The van der Waals surface area contributed by atoms with Crippen LogP contribution in [0.2, 0.25) is 0 Å². The van der Waals surface area contributed by atoms with Crippen LogP contribution in [-0.4, -0.2) is 5.91 Å². The van der Waals surface area contributed by atoms with Crippen molar-refractivity contribution in [2.75, 3.05) is 10.6 Å². The zero-order chi connectivity index (χ0) is 13.2. The quantitative estimate of drug-likeness (QED) is 0.821. The molecule has 1 amide bonds. The predicted molar refractivity (Wildman–Crippen MR) is 72.5 cm³/mol. The van der Waals surface area contributed by atoms with Crippen molar-refractivity contribution < 1.29 is 9.18 Å². The molecule has 3 nitrogen and oxygen atoms in total. The minimum absolute atomic E-state index is 0.0493. The topological polar surface area (TPSA) is 41.1 Å². The van der Waals surface area contributed by atoms with E-state index in [4.69, 9.17) is 0 Å². The van der Waals surface area contributed by atoms with E-state index in [2.05, 4.69) is 10.6 Å². The highest BCUT2D eigenvalue weighted by atomic mass is 19.1. The lowest BCUT2D eigenvalue weighted by Gasteiger charge is -2.17. The maximum absolute atomic E-state index is 13.0. The first-order chi connectivity index (χ1) is 9.22. The average molecular weight is 256 g/mol. The highest BCUT2D eigenvalue weighted by Crippen LogP contribution is 2.31. The van der Waals surface area contributed by atoms with E-state index in [1.807, 2.05) is 24.3 Å². The van der Waals surface area contributed by atoms with Gasteiger partial charge in [-0.25, -0.2) is 4.39 Å². The van der Waals surface area contributed by atoms with Gasteiger partial charge in [0.25, 0.3) is 0 Å². The molecule has 3 rings (SSSR count). The second-order valence-corrected chi connectivity index (χ2v) is 4.55. The third kappa shape index (κ3) is 2.42. The van der Waals surface area contributed by atoms with Crippen LogP contribution in [0.25, 0.3) is 0 Å². The smallest absolute Gasteiger partial charge is 0.226 e. The number of benzene rings is 2. The molecule has 0 aliphatic carbocycles. The van der Waals surface area contributed by atoms with E-state index in [1.54, 1.807) is 12.1 Å². The summed E-state index contributed by atoms with van der Waals surface area (Å²) in [6, 6.07) is 13.6. The zero-order valence-electron chi connectivity index (χ0n) is 10.2. The molecule has 0 radical (unpaired) electrons. The van der Waals surface area contributed by atoms with Crippen LogP contribution >= 0.6 is 0 Å². The van der Waals surface area contributed by atoms with Crippen LogP contribution in [0.4, 0.5) is 15.8 Å². The van der Waals surface area contributed by atoms with E-state index in [-0.39, 0.29) is 17.8 Å². The van der Waals surface area contributed by atoms with Gasteiger partial charge >= 0.3 is 0 Å². The van der Waals surface area contributed by atoms with Gasteiger partial charge in [-0.05, 0) is 29.8 Å². The van der Waals surface area contributed by atoms with Gasteiger partial charge in [-0.2, -0.15) is 0 Å². The van der Waals surface area contributed by atoms with Crippen molar-refractivity contribution >= 4 is 17.3 Å². The fourth-order valence-electron chi connectivity index (χ4n) is 2.24. The first kappa shape index (κ1) is 11.7. The lowest BCUT2D eigenvalue weighted by molar-refractivity contribution is -0.116. The van der Waals surface area contributed by atoms with Crippen LogP contribution in [0.5, 0.6) is 0 Å². The molecule has 4 heteroatoms. The molecule has 2 aromatic rings. The van der Waals surface area contributed by atoms with Crippen molar-refractivity contribution in [3.05, 3.63) is 59.9 Å². The van der Waals surface area contributed by atoms with Crippen LogP contribution in [0.1, 0.15) is 18.0 Å².